The third-order valence-corrected chi connectivity index (χ3v) is 1.94. The molecule has 0 heterocycles. The SMILES string of the molecule is C=C/C=C(\C=C/CC)c1ccccc1.CCN. The van der Waals surface area contributed by atoms with Crippen LogP contribution in [-0.2, 0) is 0 Å². The Bertz CT molecular complexity index is 347. The van der Waals surface area contributed by atoms with E-state index in [4.69, 9.17) is 5.73 Å². The standard InChI is InChI=1S/C14H16.C2H7N/c1-3-5-10-13(9-4-2)14-11-7-6-8-12-14;1-2-3/h4-12H,2-3H2,1H3;2-3H2,1H3/b10-5-,13-9+;. The highest BCUT2D eigenvalue weighted by Gasteiger charge is 1.93. The molecule has 1 aromatic rings. The Hall–Kier alpha value is -1.60. The molecule has 0 amide bonds. The first-order valence-corrected chi connectivity index (χ1v) is 6.04. The van der Waals surface area contributed by atoms with Gasteiger partial charge in [-0.05, 0) is 24.1 Å². The maximum atomic E-state index is 4.85. The number of benzene rings is 1. The Morgan fingerprint density at radius 1 is 1.24 bits per heavy atom. The first-order valence-electron chi connectivity index (χ1n) is 6.04. The molecule has 1 rings (SSSR count). The van der Waals surface area contributed by atoms with Gasteiger partial charge < -0.3 is 5.73 Å². The average molecular weight is 229 g/mol. The highest BCUT2D eigenvalue weighted by molar-refractivity contribution is 5.74. The van der Waals surface area contributed by atoms with E-state index in [1.807, 2.05) is 37.3 Å². The van der Waals surface area contributed by atoms with Crippen molar-refractivity contribution in [3.63, 3.8) is 0 Å². The summed E-state index contributed by atoms with van der Waals surface area (Å²) in [6.07, 6.45) is 9.20. The summed E-state index contributed by atoms with van der Waals surface area (Å²) in [5.74, 6) is 0. The van der Waals surface area contributed by atoms with E-state index in [-0.39, 0.29) is 0 Å². The Kier molecular flexibility index (Phi) is 9.88. The van der Waals surface area contributed by atoms with Crippen LogP contribution in [-0.4, -0.2) is 6.54 Å². The molecule has 0 saturated carbocycles. The van der Waals surface area contributed by atoms with Crippen LogP contribution in [0.2, 0.25) is 0 Å². The fourth-order valence-corrected chi connectivity index (χ4v) is 1.25. The zero-order valence-corrected chi connectivity index (χ0v) is 10.9. The van der Waals surface area contributed by atoms with Crippen LogP contribution in [0.1, 0.15) is 25.8 Å². The van der Waals surface area contributed by atoms with Crippen LogP contribution in [0.4, 0.5) is 0 Å². The minimum atomic E-state index is 0.750. The van der Waals surface area contributed by atoms with Crippen LogP contribution in [0.3, 0.4) is 0 Å². The molecule has 0 fully saturated rings. The maximum absolute atomic E-state index is 4.85. The van der Waals surface area contributed by atoms with E-state index in [2.05, 4.69) is 37.8 Å². The summed E-state index contributed by atoms with van der Waals surface area (Å²) >= 11 is 0. The van der Waals surface area contributed by atoms with Gasteiger partial charge in [-0.15, -0.1) is 0 Å². The van der Waals surface area contributed by atoms with Gasteiger partial charge in [-0.2, -0.15) is 0 Å². The van der Waals surface area contributed by atoms with Gasteiger partial charge in [0.25, 0.3) is 0 Å². The zero-order chi connectivity index (χ0) is 12.9. The van der Waals surface area contributed by atoms with Gasteiger partial charge in [0.15, 0.2) is 0 Å². The van der Waals surface area contributed by atoms with Crippen LogP contribution < -0.4 is 5.73 Å². The van der Waals surface area contributed by atoms with Gasteiger partial charge in [0.2, 0.25) is 0 Å². The number of allylic oxidation sites excluding steroid dienone is 5. The molecule has 92 valence electrons. The predicted octanol–water partition coefficient (Wildman–Crippen LogP) is 4.19. The highest BCUT2D eigenvalue weighted by Crippen LogP contribution is 2.15. The summed E-state index contributed by atoms with van der Waals surface area (Å²) in [4.78, 5) is 0. The number of nitrogens with two attached hydrogens (primary N) is 1. The second-order valence-corrected chi connectivity index (χ2v) is 3.44. The molecular weight excluding hydrogens is 206 g/mol. The van der Waals surface area contributed by atoms with E-state index in [0.717, 1.165) is 13.0 Å². The Labute approximate surface area is 105 Å². The molecule has 0 bridgehead atoms. The lowest BCUT2D eigenvalue weighted by atomic mass is 10.0. The van der Waals surface area contributed by atoms with Crippen molar-refractivity contribution in [2.24, 2.45) is 5.73 Å². The molecule has 0 saturated heterocycles. The lowest BCUT2D eigenvalue weighted by molar-refractivity contribution is 1.14. The molecule has 0 unspecified atom stereocenters. The molecule has 17 heavy (non-hydrogen) atoms. The van der Waals surface area contributed by atoms with Crippen molar-refractivity contribution in [2.75, 3.05) is 6.54 Å². The average Bonchev–Trinajstić information content (AvgIpc) is 2.36. The third kappa shape index (κ3) is 7.31. The van der Waals surface area contributed by atoms with E-state index < -0.39 is 0 Å². The third-order valence-electron chi connectivity index (χ3n) is 1.94. The molecule has 0 atom stereocenters. The van der Waals surface area contributed by atoms with E-state index in [0.29, 0.717) is 0 Å². The fraction of sp³-hybridized carbons (Fsp3) is 0.250. The summed E-state index contributed by atoms with van der Waals surface area (Å²) in [5, 5.41) is 0. The van der Waals surface area contributed by atoms with Gasteiger partial charge in [-0.25, -0.2) is 0 Å². The number of rotatable bonds is 4. The summed E-state index contributed by atoms with van der Waals surface area (Å²) < 4.78 is 0. The van der Waals surface area contributed by atoms with Crippen LogP contribution >= 0.6 is 0 Å². The second kappa shape index (κ2) is 10.9. The molecule has 0 aliphatic heterocycles. The monoisotopic (exact) mass is 229 g/mol. The van der Waals surface area contributed by atoms with Crippen molar-refractivity contribution in [3.05, 3.63) is 66.8 Å². The summed E-state index contributed by atoms with van der Waals surface area (Å²) in [6.45, 7) is 8.51. The van der Waals surface area contributed by atoms with Crippen molar-refractivity contribution < 1.29 is 0 Å². The van der Waals surface area contributed by atoms with Gasteiger partial charge in [0.1, 0.15) is 0 Å². The minimum Gasteiger partial charge on any atom is -0.331 e. The van der Waals surface area contributed by atoms with Gasteiger partial charge in [0, 0.05) is 0 Å². The molecule has 1 aromatic carbocycles. The quantitative estimate of drug-likeness (QED) is 0.770. The molecular formula is C16H23N. The van der Waals surface area contributed by atoms with E-state index in [1.54, 1.807) is 0 Å². The van der Waals surface area contributed by atoms with Crippen LogP contribution in [0, 0.1) is 0 Å². The number of hydrogen-bond acceptors (Lipinski definition) is 1. The Morgan fingerprint density at radius 3 is 2.29 bits per heavy atom. The molecule has 0 spiro atoms. The first kappa shape index (κ1) is 15.4. The molecule has 1 heteroatoms. The Morgan fingerprint density at radius 2 is 1.82 bits per heavy atom. The lowest BCUT2D eigenvalue weighted by Crippen LogP contribution is -1.87. The van der Waals surface area contributed by atoms with Crippen LogP contribution in [0.15, 0.2) is 61.2 Å². The molecule has 0 aliphatic rings. The summed E-state index contributed by atoms with van der Waals surface area (Å²) in [7, 11) is 0. The van der Waals surface area contributed by atoms with Crippen molar-refractivity contribution in [1.82, 2.24) is 0 Å². The van der Waals surface area contributed by atoms with Crippen LogP contribution in [0.5, 0.6) is 0 Å². The summed E-state index contributed by atoms with van der Waals surface area (Å²) in [5.41, 5.74) is 7.29. The molecule has 0 aliphatic carbocycles. The molecule has 2 N–H and O–H groups in total. The van der Waals surface area contributed by atoms with E-state index >= 15 is 0 Å². The predicted molar refractivity (Wildman–Crippen MR) is 78.8 cm³/mol. The fourth-order valence-electron chi connectivity index (χ4n) is 1.25. The zero-order valence-electron chi connectivity index (χ0n) is 10.9. The van der Waals surface area contributed by atoms with Gasteiger partial charge >= 0.3 is 0 Å². The van der Waals surface area contributed by atoms with Crippen molar-refractivity contribution in [3.8, 4) is 0 Å². The first-order chi connectivity index (χ1) is 8.29. The maximum Gasteiger partial charge on any atom is -0.0106 e. The van der Waals surface area contributed by atoms with Gasteiger partial charge in [-0.3, -0.25) is 0 Å². The van der Waals surface area contributed by atoms with E-state index in [9.17, 15) is 0 Å². The van der Waals surface area contributed by atoms with Gasteiger partial charge in [0.05, 0.1) is 0 Å². The highest BCUT2D eigenvalue weighted by atomic mass is 14.5. The lowest BCUT2D eigenvalue weighted by Gasteiger charge is -2.00. The Balaban J connectivity index is 0.000000770. The second-order valence-electron chi connectivity index (χ2n) is 3.44. The van der Waals surface area contributed by atoms with Crippen molar-refractivity contribution in [1.29, 1.82) is 0 Å². The van der Waals surface area contributed by atoms with Crippen molar-refractivity contribution in [2.45, 2.75) is 20.3 Å². The van der Waals surface area contributed by atoms with E-state index in [1.165, 1.54) is 11.1 Å². The van der Waals surface area contributed by atoms with Crippen LogP contribution in [0.25, 0.3) is 5.57 Å². The molecule has 1 nitrogen and oxygen atoms in total. The normalized spacial score (nSPS) is 10.9. The molecule has 0 radical (unpaired) electrons. The topological polar surface area (TPSA) is 26.0 Å². The number of hydrogen-bond donors (Lipinski definition) is 1. The van der Waals surface area contributed by atoms with Crippen molar-refractivity contribution >= 4 is 5.57 Å². The summed E-state index contributed by atoms with van der Waals surface area (Å²) in [6, 6.07) is 10.3. The largest absolute Gasteiger partial charge is 0.331 e. The smallest absolute Gasteiger partial charge is 0.0106 e. The minimum absolute atomic E-state index is 0.750. The van der Waals surface area contributed by atoms with Gasteiger partial charge in [-0.1, -0.05) is 75.1 Å². The molecule has 0 aromatic heterocycles.